The van der Waals surface area contributed by atoms with Crippen LogP contribution in [0.1, 0.15) is 128 Å². The molecule has 0 fully saturated rings. The molecule has 230 valence electrons. The lowest BCUT2D eigenvalue weighted by Crippen LogP contribution is -2.37. The zero-order valence-electron chi connectivity index (χ0n) is 27.0. The maximum absolute atomic E-state index is 12.3. The number of aliphatic hydroxyl groups is 2. The lowest BCUT2D eigenvalue weighted by atomic mass is 9.83. The molecule has 0 saturated carbocycles. The molecular weight excluding hydrogens is 504 g/mol. The van der Waals surface area contributed by atoms with Crippen LogP contribution >= 0.6 is 0 Å². The van der Waals surface area contributed by atoms with Gasteiger partial charge in [-0.05, 0) is 94.7 Å². The summed E-state index contributed by atoms with van der Waals surface area (Å²) in [5, 5.41) is 19.1. The lowest BCUT2D eigenvalue weighted by Gasteiger charge is -2.38. The molecule has 0 bridgehead atoms. The highest BCUT2D eigenvalue weighted by Gasteiger charge is 2.35. The molecule has 4 unspecified atom stereocenters. The topological polar surface area (TPSA) is 85.2 Å². The van der Waals surface area contributed by atoms with Crippen molar-refractivity contribution in [1.82, 2.24) is 0 Å². The molecule has 4 atom stereocenters. The first-order chi connectivity index (χ1) is 18.7. The number of hydrogen-bond acceptors (Lipinski definition) is 6. The number of benzene rings is 1. The molecule has 0 amide bonds. The van der Waals surface area contributed by atoms with Gasteiger partial charge >= 0.3 is 6.16 Å². The maximum Gasteiger partial charge on any atom is 0.513 e. The number of carbonyl (C=O) groups is 1. The standard InChI is InChI=1S/C34H58O6/c1-23(2)13-10-14-24(3)15-11-16-25(4)17-12-19-34(9)20-18-29-28(7)30(26(5)27(6)31(29)40-34)39-32(36)38-22-33(8,37)21-35/h23-25,35,37H,10-22H2,1-9H3. The largest absolute Gasteiger partial charge is 0.513 e. The van der Waals surface area contributed by atoms with E-state index in [1.807, 2.05) is 20.8 Å². The van der Waals surface area contributed by atoms with Crippen molar-refractivity contribution in [1.29, 1.82) is 0 Å². The van der Waals surface area contributed by atoms with E-state index in [0.29, 0.717) is 5.75 Å². The minimum Gasteiger partial charge on any atom is -0.487 e. The first-order valence-electron chi connectivity index (χ1n) is 15.7. The quantitative estimate of drug-likeness (QED) is 0.155. The third-order valence-corrected chi connectivity index (χ3v) is 8.87. The fourth-order valence-corrected chi connectivity index (χ4v) is 5.79. The van der Waals surface area contributed by atoms with E-state index >= 15 is 0 Å². The Morgan fingerprint density at radius 1 is 0.950 bits per heavy atom. The van der Waals surface area contributed by atoms with Crippen molar-refractivity contribution < 1.29 is 29.2 Å². The third-order valence-electron chi connectivity index (χ3n) is 8.87. The lowest BCUT2D eigenvalue weighted by molar-refractivity contribution is -0.0518. The third kappa shape index (κ3) is 10.6. The van der Waals surface area contributed by atoms with Gasteiger partial charge in [-0.1, -0.05) is 72.6 Å². The van der Waals surface area contributed by atoms with Gasteiger partial charge in [0.15, 0.2) is 0 Å². The van der Waals surface area contributed by atoms with Crippen LogP contribution in [0.3, 0.4) is 0 Å². The fraction of sp³-hybridized carbons (Fsp3) is 0.794. The van der Waals surface area contributed by atoms with Gasteiger partial charge in [-0.25, -0.2) is 4.79 Å². The molecule has 40 heavy (non-hydrogen) atoms. The second-order valence-electron chi connectivity index (χ2n) is 13.7. The van der Waals surface area contributed by atoms with E-state index in [0.717, 1.165) is 65.0 Å². The molecule has 2 rings (SSSR count). The molecule has 6 nitrogen and oxygen atoms in total. The normalized spacial score (nSPS) is 19.9. The van der Waals surface area contributed by atoms with Crippen molar-refractivity contribution in [2.24, 2.45) is 17.8 Å². The van der Waals surface area contributed by atoms with E-state index in [4.69, 9.17) is 19.3 Å². The molecule has 6 heteroatoms. The predicted molar refractivity (Wildman–Crippen MR) is 162 cm³/mol. The Bertz CT molecular complexity index is 952. The van der Waals surface area contributed by atoms with E-state index < -0.39 is 18.4 Å². The SMILES string of the molecule is Cc1c(C)c2c(c(C)c1OC(=O)OCC(C)(O)CO)CCC(C)(CCCC(C)CCCC(C)CCCC(C)C)O2. The van der Waals surface area contributed by atoms with Gasteiger partial charge in [-0.3, -0.25) is 0 Å². The summed E-state index contributed by atoms with van der Waals surface area (Å²) in [6, 6.07) is 0. The molecule has 0 spiro atoms. The molecule has 2 N–H and O–H groups in total. The van der Waals surface area contributed by atoms with E-state index in [-0.39, 0.29) is 12.2 Å². The van der Waals surface area contributed by atoms with Crippen molar-refractivity contribution in [3.8, 4) is 11.5 Å². The van der Waals surface area contributed by atoms with Gasteiger partial charge in [-0.2, -0.15) is 0 Å². The van der Waals surface area contributed by atoms with Crippen LogP contribution < -0.4 is 9.47 Å². The first-order valence-corrected chi connectivity index (χ1v) is 15.7. The van der Waals surface area contributed by atoms with Crippen LogP contribution in [0.4, 0.5) is 4.79 Å². The molecule has 0 aromatic heterocycles. The summed E-state index contributed by atoms with van der Waals surface area (Å²) < 4.78 is 17.3. The van der Waals surface area contributed by atoms with E-state index in [2.05, 4.69) is 34.6 Å². The number of carbonyl (C=O) groups excluding carboxylic acids is 1. The first kappa shape index (κ1) is 34.4. The second kappa shape index (κ2) is 15.4. The molecule has 0 radical (unpaired) electrons. The Labute approximate surface area is 244 Å². The van der Waals surface area contributed by atoms with E-state index in [9.17, 15) is 9.90 Å². The number of ether oxygens (including phenoxy) is 3. The molecule has 1 aliphatic heterocycles. The average molecular weight is 563 g/mol. The Morgan fingerprint density at radius 3 is 2.10 bits per heavy atom. The van der Waals surface area contributed by atoms with Crippen LogP contribution in [0, 0.1) is 38.5 Å². The minimum absolute atomic E-state index is 0.196. The van der Waals surface area contributed by atoms with Gasteiger partial charge in [0.25, 0.3) is 0 Å². The minimum atomic E-state index is -1.50. The van der Waals surface area contributed by atoms with Gasteiger partial charge in [0.2, 0.25) is 0 Å². The highest BCUT2D eigenvalue weighted by molar-refractivity contribution is 5.68. The van der Waals surface area contributed by atoms with E-state index in [1.54, 1.807) is 0 Å². The number of rotatable bonds is 16. The highest BCUT2D eigenvalue weighted by Crippen LogP contribution is 2.45. The van der Waals surface area contributed by atoms with Crippen LogP contribution in [0.5, 0.6) is 11.5 Å². The predicted octanol–water partition coefficient (Wildman–Crippen LogP) is 8.39. The molecule has 1 aliphatic rings. The monoisotopic (exact) mass is 562 g/mol. The summed E-state index contributed by atoms with van der Waals surface area (Å²) in [4.78, 5) is 12.3. The number of fused-ring (bicyclic) bond motifs is 1. The van der Waals surface area contributed by atoms with Gasteiger partial charge in [0.05, 0.1) is 6.61 Å². The molecular formula is C34H58O6. The van der Waals surface area contributed by atoms with Crippen LogP contribution in [0.15, 0.2) is 0 Å². The number of hydrogen-bond donors (Lipinski definition) is 2. The molecule has 1 aromatic carbocycles. The summed E-state index contributed by atoms with van der Waals surface area (Å²) in [6.45, 7) is 18.1. The smallest absolute Gasteiger partial charge is 0.487 e. The Hall–Kier alpha value is -1.79. The Morgan fingerprint density at radius 2 is 1.52 bits per heavy atom. The van der Waals surface area contributed by atoms with Crippen molar-refractivity contribution in [2.45, 2.75) is 144 Å². The summed E-state index contributed by atoms with van der Waals surface area (Å²) in [5.74, 6) is 3.81. The molecule has 0 aliphatic carbocycles. The van der Waals surface area contributed by atoms with Crippen molar-refractivity contribution in [2.75, 3.05) is 13.2 Å². The van der Waals surface area contributed by atoms with Gasteiger partial charge in [0.1, 0.15) is 29.3 Å². The van der Waals surface area contributed by atoms with Crippen LogP contribution in [0.25, 0.3) is 0 Å². The Balaban J connectivity index is 1.88. The summed E-state index contributed by atoms with van der Waals surface area (Å²) >= 11 is 0. The van der Waals surface area contributed by atoms with Gasteiger partial charge in [-0.15, -0.1) is 0 Å². The highest BCUT2D eigenvalue weighted by atomic mass is 16.7. The summed E-state index contributed by atoms with van der Waals surface area (Å²) in [5.41, 5.74) is 2.10. The van der Waals surface area contributed by atoms with Gasteiger partial charge < -0.3 is 24.4 Å². The average Bonchev–Trinajstić information content (AvgIpc) is 2.88. The molecule has 1 heterocycles. The molecule has 0 saturated heterocycles. The van der Waals surface area contributed by atoms with Crippen molar-refractivity contribution >= 4 is 6.16 Å². The van der Waals surface area contributed by atoms with Crippen molar-refractivity contribution in [3.63, 3.8) is 0 Å². The zero-order chi connectivity index (χ0) is 30.1. The van der Waals surface area contributed by atoms with Crippen LogP contribution in [-0.4, -0.2) is 40.8 Å². The van der Waals surface area contributed by atoms with Crippen molar-refractivity contribution in [3.05, 3.63) is 22.3 Å². The Kier molecular flexibility index (Phi) is 13.3. The summed E-state index contributed by atoms with van der Waals surface area (Å²) in [6.07, 6.45) is 12.4. The van der Waals surface area contributed by atoms with Crippen LogP contribution in [0.2, 0.25) is 0 Å². The zero-order valence-corrected chi connectivity index (χ0v) is 27.0. The van der Waals surface area contributed by atoms with Crippen LogP contribution in [-0.2, 0) is 11.2 Å². The fourth-order valence-electron chi connectivity index (χ4n) is 5.79. The summed E-state index contributed by atoms with van der Waals surface area (Å²) in [7, 11) is 0. The van der Waals surface area contributed by atoms with E-state index in [1.165, 1.54) is 58.3 Å². The second-order valence-corrected chi connectivity index (χ2v) is 13.7. The maximum atomic E-state index is 12.3. The number of aliphatic hydroxyl groups excluding tert-OH is 1. The van der Waals surface area contributed by atoms with Gasteiger partial charge in [0, 0.05) is 5.56 Å². The molecule has 1 aromatic rings.